The molecule has 0 aromatic heterocycles. The van der Waals surface area contributed by atoms with Crippen LogP contribution in [0.5, 0.6) is 11.5 Å². The molecule has 3 N–H and O–H groups in total. The van der Waals surface area contributed by atoms with E-state index in [2.05, 4.69) is 15.6 Å². The Bertz CT molecular complexity index is 702. The summed E-state index contributed by atoms with van der Waals surface area (Å²) in [7, 11) is 1.58. The van der Waals surface area contributed by atoms with Gasteiger partial charge in [0.05, 0.1) is 13.7 Å². The maximum atomic E-state index is 10.0. The van der Waals surface area contributed by atoms with Crippen LogP contribution in [0.1, 0.15) is 18.1 Å². The highest BCUT2D eigenvalue weighted by Crippen LogP contribution is 2.23. The van der Waals surface area contributed by atoms with Crippen LogP contribution in [-0.4, -0.2) is 31.3 Å². The molecule has 0 fully saturated rings. The lowest BCUT2D eigenvalue weighted by Gasteiger charge is -2.12. The molecule has 0 saturated carbocycles. The molecule has 0 heterocycles. The molecular weight excluding hydrogens is 338 g/mol. The van der Waals surface area contributed by atoms with E-state index in [0.29, 0.717) is 25.3 Å². The van der Waals surface area contributed by atoms with Crippen LogP contribution < -0.4 is 15.4 Å². The lowest BCUT2D eigenvalue weighted by atomic mass is 10.1. The molecule has 134 valence electrons. The zero-order valence-electron chi connectivity index (χ0n) is 14.6. The van der Waals surface area contributed by atoms with Gasteiger partial charge in [-0.25, -0.2) is 4.99 Å². The van der Waals surface area contributed by atoms with E-state index >= 15 is 0 Å². The molecule has 0 atom stereocenters. The number of aliphatic imine (C=N–C) groups is 1. The highest BCUT2D eigenvalue weighted by Gasteiger charge is 2.04. The first-order chi connectivity index (χ1) is 12.1. The minimum absolute atomic E-state index is 0.240. The van der Waals surface area contributed by atoms with Gasteiger partial charge < -0.3 is 20.5 Å². The number of hydrogen-bond acceptors (Lipinski definition) is 3. The second-order valence-corrected chi connectivity index (χ2v) is 5.93. The van der Waals surface area contributed by atoms with E-state index in [9.17, 15) is 5.11 Å². The Morgan fingerprint density at radius 1 is 1.16 bits per heavy atom. The topological polar surface area (TPSA) is 65.9 Å². The van der Waals surface area contributed by atoms with Crippen LogP contribution in [-0.2, 0) is 13.0 Å². The third-order valence-corrected chi connectivity index (χ3v) is 3.91. The zero-order valence-corrected chi connectivity index (χ0v) is 15.3. The number of nitrogens with zero attached hydrogens (tertiary/aromatic N) is 1. The van der Waals surface area contributed by atoms with Crippen LogP contribution in [0.25, 0.3) is 0 Å². The predicted octanol–water partition coefficient (Wildman–Crippen LogP) is 3.35. The van der Waals surface area contributed by atoms with Crippen LogP contribution in [0, 0.1) is 0 Å². The second kappa shape index (κ2) is 9.79. The fourth-order valence-electron chi connectivity index (χ4n) is 2.30. The number of methoxy groups -OCH3 is 1. The van der Waals surface area contributed by atoms with Crippen molar-refractivity contribution in [2.24, 2.45) is 4.99 Å². The number of halogens is 1. The van der Waals surface area contributed by atoms with Gasteiger partial charge >= 0.3 is 0 Å². The summed E-state index contributed by atoms with van der Waals surface area (Å²) in [6.45, 7) is 4.03. The van der Waals surface area contributed by atoms with Gasteiger partial charge in [0, 0.05) is 24.2 Å². The number of phenols is 1. The van der Waals surface area contributed by atoms with Gasteiger partial charge in [0.1, 0.15) is 11.5 Å². The quantitative estimate of drug-likeness (QED) is 0.522. The number of guanidine groups is 1. The molecule has 2 aromatic carbocycles. The Labute approximate surface area is 153 Å². The Balaban J connectivity index is 1.90. The molecule has 0 bridgehead atoms. The van der Waals surface area contributed by atoms with Gasteiger partial charge in [0.15, 0.2) is 5.96 Å². The lowest BCUT2D eigenvalue weighted by molar-refractivity contribution is 0.406. The first-order valence-electron chi connectivity index (χ1n) is 8.25. The average molecular weight is 362 g/mol. The summed E-state index contributed by atoms with van der Waals surface area (Å²) in [6.07, 6.45) is 0.682. The molecule has 0 radical (unpaired) electrons. The molecule has 2 aromatic rings. The van der Waals surface area contributed by atoms with Gasteiger partial charge in [-0.2, -0.15) is 0 Å². The van der Waals surface area contributed by atoms with E-state index in [1.807, 2.05) is 43.3 Å². The van der Waals surface area contributed by atoms with Crippen LogP contribution in [0.3, 0.4) is 0 Å². The Hall–Kier alpha value is -2.40. The first-order valence-corrected chi connectivity index (χ1v) is 8.62. The highest BCUT2D eigenvalue weighted by molar-refractivity contribution is 6.30. The summed E-state index contributed by atoms with van der Waals surface area (Å²) in [4.78, 5) is 4.56. The molecule has 0 aliphatic heterocycles. The second-order valence-electron chi connectivity index (χ2n) is 5.49. The third-order valence-electron chi connectivity index (χ3n) is 3.66. The van der Waals surface area contributed by atoms with E-state index < -0.39 is 0 Å². The van der Waals surface area contributed by atoms with Crippen molar-refractivity contribution in [2.75, 3.05) is 20.2 Å². The van der Waals surface area contributed by atoms with Crippen molar-refractivity contribution >= 4 is 17.6 Å². The molecule has 0 saturated heterocycles. The van der Waals surface area contributed by atoms with Gasteiger partial charge in [0.25, 0.3) is 0 Å². The summed E-state index contributed by atoms with van der Waals surface area (Å²) < 4.78 is 5.09. The lowest BCUT2D eigenvalue weighted by Crippen LogP contribution is -2.38. The maximum Gasteiger partial charge on any atom is 0.191 e. The van der Waals surface area contributed by atoms with E-state index in [4.69, 9.17) is 16.3 Å². The number of nitrogens with one attached hydrogen (secondary N) is 2. The minimum Gasteiger partial charge on any atom is -0.508 e. The number of aromatic hydroxyl groups is 1. The van der Waals surface area contributed by atoms with Crippen molar-refractivity contribution in [1.29, 1.82) is 0 Å². The van der Waals surface area contributed by atoms with Crippen molar-refractivity contribution < 1.29 is 9.84 Å². The molecule has 5 nitrogen and oxygen atoms in total. The van der Waals surface area contributed by atoms with Crippen LogP contribution in [0.2, 0.25) is 5.02 Å². The van der Waals surface area contributed by atoms with Gasteiger partial charge in [0.2, 0.25) is 0 Å². The number of benzene rings is 2. The fourth-order valence-corrected chi connectivity index (χ4v) is 2.43. The molecule has 0 spiro atoms. The molecule has 0 unspecified atom stereocenters. The normalized spacial score (nSPS) is 11.2. The van der Waals surface area contributed by atoms with Gasteiger partial charge in [-0.3, -0.25) is 0 Å². The van der Waals surface area contributed by atoms with Crippen molar-refractivity contribution in [1.82, 2.24) is 10.6 Å². The summed E-state index contributed by atoms with van der Waals surface area (Å²) in [6, 6.07) is 13.0. The molecule has 6 heteroatoms. The number of phenolic OH excluding ortho intramolecular Hbond substituents is 1. The smallest absolute Gasteiger partial charge is 0.191 e. The molecular formula is C19H24ClN3O2. The molecule has 25 heavy (non-hydrogen) atoms. The van der Waals surface area contributed by atoms with Crippen LogP contribution in [0.4, 0.5) is 0 Å². The molecule has 0 aliphatic rings. The average Bonchev–Trinajstić information content (AvgIpc) is 2.62. The summed E-state index contributed by atoms with van der Waals surface area (Å²) in [5.74, 6) is 1.63. The van der Waals surface area contributed by atoms with Gasteiger partial charge in [-0.15, -0.1) is 0 Å². The van der Waals surface area contributed by atoms with Crippen LogP contribution in [0.15, 0.2) is 47.5 Å². The molecule has 0 amide bonds. The van der Waals surface area contributed by atoms with Crippen molar-refractivity contribution in [2.45, 2.75) is 19.9 Å². The summed E-state index contributed by atoms with van der Waals surface area (Å²) >= 11 is 5.89. The number of ether oxygens (including phenoxy) is 1. The zero-order chi connectivity index (χ0) is 18.1. The van der Waals surface area contributed by atoms with Crippen LogP contribution >= 0.6 is 11.6 Å². The standard InChI is InChI=1S/C19H24ClN3O2/c1-3-21-19(23-13-14-4-7-16(20)8-5-14)22-11-10-15-6-9-17(25-2)12-18(15)24/h4-9,12,24H,3,10-11,13H2,1-2H3,(H2,21,22,23). The van der Waals surface area contributed by atoms with E-state index in [-0.39, 0.29) is 5.75 Å². The first kappa shape index (κ1) is 18.9. The van der Waals surface area contributed by atoms with E-state index in [1.165, 1.54) is 0 Å². The van der Waals surface area contributed by atoms with E-state index in [0.717, 1.165) is 28.7 Å². The largest absolute Gasteiger partial charge is 0.508 e. The molecule has 0 aliphatic carbocycles. The Morgan fingerprint density at radius 2 is 1.92 bits per heavy atom. The highest BCUT2D eigenvalue weighted by atomic mass is 35.5. The number of rotatable bonds is 7. The van der Waals surface area contributed by atoms with Gasteiger partial charge in [-0.05, 0) is 42.7 Å². The van der Waals surface area contributed by atoms with Crippen molar-refractivity contribution in [3.63, 3.8) is 0 Å². The summed E-state index contributed by atoms with van der Waals surface area (Å²) in [5.41, 5.74) is 1.95. The van der Waals surface area contributed by atoms with Gasteiger partial charge in [-0.1, -0.05) is 29.8 Å². The Kier molecular flexibility index (Phi) is 7.41. The molecule has 2 rings (SSSR count). The predicted molar refractivity (Wildman–Crippen MR) is 103 cm³/mol. The minimum atomic E-state index is 0.240. The van der Waals surface area contributed by atoms with Crippen molar-refractivity contribution in [3.8, 4) is 11.5 Å². The SMILES string of the molecule is CCNC(=NCc1ccc(Cl)cc1)NCCc1ccc(OC)cc1O. The fraction of sp³-hybridized carbons (Fsp3) is 0.316. The Morgan fingerprint density at radius 3 is 2.56 bits per heavy atom. The van der Waals surface area contributed by atoms with Crippen molar-refractivity contribution in [3.05, 3.63) is 58.6 Å². The maximum absolute atomic E-state index is 10.0. The van der Waals surface area contributed by atoms with E-state index in [1.54, 1.807) is 13.2 Å². The summed E-state index contributed by atoms with van der Waals surface area (Å²) in [5, 5.41) is 17.2. The number of hydrogen-bond donors (Lipinski definition) is 3. The monoisotopic (exact) mass is 361 g/mol. The third kappa shape index (κ3) is 6.19.